The Bertz CT molecular complexity index is 244. The van der Waals surface area contributed by atoms with Gasteiger partial charge in [0.05, 0.1) is 6.04 Å². The van der Waals surface area contributed by atoms with E-state index in [0.717, 1.165) is 18.3 Å². The molecule has 1 aromatic heterocycles. The summed E-state index contributed by atoms with van der Waals surface area (Å²) in [5.41, 5.74) is 0. The highest BCUT2D eigenvalue weighted by molar-refractivity contribution is 4.94. The van der Waals surface area contributed by atoms with E-state index < -0.39 is 0 Å². The molecule has 2 unspecified atom stereocenters. The molecule has 1 aliphatic heterocycles. The lowest BCUT2D eigenvalue weighted by Crippen LogP contribution is -2.32. The highest BCUT2D eigenvalue weighted by atomic mass is 15.2. The lowest BCUT2D eigenvalue weighted by molar-refractivity contribution is 0.291. The number of aromatic amines is 1. The second-order valence-corrected chi connectivity index (χ2v) is 3.68. The van der Waals surface area contributed by atoms with Gasteiger partial charge in [0.1, 0.15) is 12.2 Å². The second kappa shape index (κ2) is 3.87. The maximum atomic E-state index is 4.18. The Morgan fingerprint density at radius 2 is 2.54 bits per heavy atom. The molecule has 0 saturated carbocycles. The largest absolute Gasteiger partial charge is 0.307 e. The minimum Gasteiger partial charge on any atom is -0.307 e. The van der Waals surface area contributed by atoms with Crippen molar-refractivity contribution in [2.75, 3.05) is 6.54 Å². The molecular weight excluding hydrogens is 164 g/mol. The fourth-order valence-corrected chi connectivity index (χ4v) is 1.96. The number of rotatable bonds is 2. The number of piperidine rings is 1. The Labute approximate surface area is 78.1 Å². The Morgan fingerprint density at radius 3 is 3.23 bits per heavy atom. The van der Waals surface area contributed by atoms with Crippen molar-refractivity contribution < 1.29 is 0 Å². The summed E-state index contributed by atoms with van der Waals surface area (Å²) in [6.45, 7) is 3.36. The minimum absolute atomic E-state index is 0.390. The summed E-state index contributed by atoms with van der Waals surface area (Å²) >= 11 is 0. The number of nitrogens with one attached hydrogen (secondary N) is 2. The van der Waals surface area contributed by atoms with Gasteiger partial charge in [-0.15, -0.1) is 0 Å². The van der Waals surface area contributed by atoms with Crippen molar-refractivity contribution >= 4 is 0 Å². The van der Waals surface area contributed by atoms with E-state index >= 15 is 0 Å². The van der Waals surface area contributed by atoms with Crippen LogP contribution in [0.2, 0.25) is 0 Å². The molecule has 2 heterocycles. The number of nitrogens with zero attached hydrogens (tertiary/aromatic N) is 2. The van der Waals surface area contributed by atoms with E-state index in [4.69, 9.17) is 0 Å². The molecule has 2 rings (SSSR count). The number of hydrogen-bond donors (Lipinski definition) is 2. The summed E-state index contributed by atoms with van der Waals surface area (Å²) in [6, 6.07) is 0.390. The highest BCUT2D eigenvalue weighted by Gasteiger charge is 2.22. The predicted molar refractivity (Wildman–Crippen MR) is 50.1 cm³/mol. The first-order valence-electron chi connectivity index (χ1n) is 4.98. The van der Waals surface area contributed by atoms with Crippen molar-refractivity contribution in [1.82, 2.24) is 20.5 Å². The van der Waals surface area contributed by atoms with Crippen LogP contribution in [0.3, 0.4) is 0 Å². The van der Waals surface area contributed by atoms with E-state index in [1.807, 2.05) is 0 Å². The Kier molecular flexibility index (Phi) is 2.59. The van der Waals surface area contributed by atoms with Gasteiger partial charge in [-0.2, -0.15) is 5.10 Å². The lowest BCUT2D eigenvalue weighted by atomic mass is 9.90. The Morgan fingerprint density at radius 1 is 1.62 bits per heavy atom. The normalized spacial score (nSPS) is 29.0. The molecule has 4 heteroatoms. The van der Waals surface area contributed by atoms with Gasteiger partial charge in [0.15, 0.2) is 0 Å². The van der Waals surface area contributed by atoms with Gasteiger partial charge in [-0.3, -0.25) is 5.10 Å². The fraction of sp³-hybridized carbons (Fsp3) is 0.778. The van der Waals surface area contributed by atoms with Crippen LogP contribution in [0.4, 0.5) is 0 Å². The quantitative estimate of drug-likeness (QED) is 0.720. The third-order valence-corrected chi connectivity index (χ3v) is 2.85. The molecule has 1 saturated heterocycles. The van der Waals surface area contributed by atoms with Crippen LogP contribution in [-0.2, 0) is 0 Å². The van der Waals surface area contributed by atoms with Crippen LogP contribution in [0.1, 0.15) is 38.1 Å². The highest BCUT2D eigenvalue weighted by Crippen LogP contribution is 2.26. The smallest absolute Gasteiger partial charge is 0.141 e. The first-order valence-corrected chi connectivity index (χ1v) is 4.98. The molecule has 0 aliphatic carbocycles. The van der Waals surface area contributed by atoms with Crippen LogP contribution in [0, 0.1) is 5.92 Å². The zero-order valence-electron chi connectivity index (χ0n) is 7.95. The third-order valence-electron chi connectivity index (χ3n) is 2.85. The van der Waals surface area contributed by atoms with E-state index in [1.54, 1.807) is 6.33 Å². The van der Waals surface area contributed by atoms with Crippen LogP contribution in [0.25, 0.3) is 0 Å². The van der Waals surface area contributed by atoms with E-state index in [9.17, 15) is 0 Å². The van der Waals surface area contributed by atoms with Gasteiger partial charge in [-0.05, 0) is 25.3 Å². The molecule has 0 bridgehead atoms. The second-order valence-electron chi connectivity index (χ2n) is 3.68. The van der Waals surface area contributed by atoms with Crippen molar-refractivity contribution in [3.8, 4) is 0 Å². The van der Waals surface area contributed by atoms with Gasteiger partial charge in [-0.25, -0.2) is 4.98 Å². The lowest BCUT2D eigenvalue weighted by Gasteiger charge is -2.28. The molecular formula is C9H16N4. The topological polar surface area (TPSA) is 53.6 Å². The van der Waals surface area contributed by atoms with Gasteiger partial charge in [-0.1, -0.05) is 13.3 Å². The zero-order chi connectivity index (χ0) is 9.10. The SMILES string of the molecule is CCC1CCNC(c2ncn[nH]2)C1. The monoisotopic (exact) mass is 180 g/mol. The summed E-state index contributed by atoms with van der Waals surface area (Å²) in [4.78, 5) is 4.18. The molecule has 0 aromatic carbocycles. The molecule has 0 radical (unpaired) electrons. The standard InChI is InChI=1S/C9H16N4/c1-2-7-3-4-10-8(5-7)9-11-6-12-13-9/h6-8,10H,2-5H2,1H3,(H,11,12,13). The average Bonchev–Trinajstić information content (AvgIpc) is 2.71. The van der Waals surface area contributed by atoms with E-state index in [-0.39, 0.29) is 0 Å². The van der Waals surface area contributed by atoms with Crippen molar-refractivity contribution in [2.24, 2.45) is 5.92 Å². The molecule has 1 aliphatic rings. The predicted octanol–water partition coefficient (Wildman–Crippen LogP) is 1.26. The van der Waals surface area contributed by atoms with Crippen molar-refractivity contribution in [1.29, 1.82) is 0 Å². The maximum absolute atomic E-state index is 4.18. The molecule has 0 spiro atoms. The summed E-state index contributed by atoms with van der Waals surface area (Å²) in [5.74, 6) is 1.83. The van der Waals surface area contributed by atoms with Crippen molar-refractivity contribution in [3.63, 3.8) is 0 Å². The molecule has 13 heavy (non-hydrogen) atoms. The Balaban J connectivity index is 2.00. The Hall–Kier alpha value is -0.900. The van der Waals surface area contributed by atoms with Gasteiger partial charge < -0.3 is 5.32 Å². The van der Waals surface area contributed by atoms with E-state index in [1.165, 1.54) is 19.3 Å². The molecule has 4 nitrogen and oxygen atoms in total. The summed E-state index contributed by atoms with van der Waals surface area (Å²) in [5, 5.41) is 10.3. The average molecular weight is 180 g/mol. The summed E-state index contributed by atoms with van der Waals surface area (Å²) in [6.07, 6.45) is 5.33. The minimum atomic E-state index is 0.390. The van der Waals surface area contributed by atoms with Gasteiger partial charge in [0.25, 0.3) is 0 Å². The molecule has 72 valence electrons. The molecule has 1 aromatic rings. The number of aromatic nitrogens is 3. The van der Waals surface area contributed by atoms with E-state index in [2.05, 4.69) is 27.4 Å². The molecule has 2 atom stereocenters. The third kappa shape index (κ3) is 1.88. The van der Waals surface area contributed by atoms with Crippen LogP contribution >= 0.6 is 0 Å². The van der Waals surface area contributed by atoms with Gasteiger partial charge in [0, 0.05) is 0 Å². The van der Waals surface area contributed by atoms with Crippen LogP contribution in [0.5, 0.6) is 0 Å². The van der Waals surface area contributed by atoms with Gasteiger partial charge in [0.2, 0.25) is 0 Å². The summed E-state index contributed by atoms with van der Waals surface area (Å²) < 4.78 is 0. The van der Waals surface area contributed by atoms with Crippen molar-refractivity contribution in [3.05, 3.63) is 12.2 Å². The van der Waals surface area contributed by atoms with E-state index in [0.29, 0.717) is 6.04 Å². The van der Waals surface area contributed by atoms with Gasteiger partial charge >= 0.3 is 0 Å². The fourth-order valence-electron chi connectivity index (χ4n) is 1.96. The zero-order valence-corrected chi connectivity index (χ0v) is 7.95. The van der Waals surface area contributed by atoms with Crippen LogP contribution in [-0.4, -0.2) is 21.7 Å². The molecule has 1 fully saturated rings. The number of H-pyrrole nitrogens is 1. The first kappa shape index (κ1) is 8.69. The first-order chi connectivity index (χ1) is 6.40. The maximum Gasteiger partial charge on any atom is 0.141 e. The summed E-state index contributed by atoms with van der Waals surface area (Å²) in [7, 11) is 0. The van der Waals surface area contributed by atoms with Crippen molar-refractivity contribution in [2.45, 2.75) is 32.2 Å². The molecule has 0 amide bonds. The molecule has 2 N–H and O–H groups in total. The number of hydrogen-bond acceptors (Lipinski definition) is 3. The van der Waals surface area contributed by atoms with Crippen LogP contribution < -0.4 is 5.32 Å². The van der Waals surface area contributed by atoms with Crippen LogP contribution in [0.15, 0.2) is 6.33 Å².